The lowest BCUT2D eigenvalue weighted by Crippen LogP contribution is -2.17. The number of hydrogen-bond donors (Lipinski definition) is 6. The number of anilines is 4. The number of carbonyl (C=O) groups excluding carboxylic acids is 2. The molecule has 0 aliphatic rings. The molecule has 316 valence electrons. The van der Waals surface area contributed by atoms with Gasteiger partial charge in [-0.2, -0.15) is 0 Å². The number of rotatable bonds is 16. The molecule has 0 spiro atoms. The molecule has 0 bridgehead atoms. The average Bonchev–Trinajstić information content (AvgIpc) is 3.26. The molecule has 18 heteroatoms. The molecule has 6 N–H and O–H groups in total. The zero-order valence-corrected chi connectivity index (χ0v) is 34.3. The first-order valence-corrected chi connectivity index (χ1v) is 21.1. The van der Waals surface area contributed by atoms with Crippen molar-refractivity contribution in [2.75, 3.05) is 34.3 Å². The number of sulfonamides is 2. The minimum atomic E-state index is -4.50. The van der Waals surface area contributed by atoms with E-state index in [0.717, 1.165) is 0 Å². The lowest BCUT2D eigenvalue weighted by molar-refractivity contribution is 0.0686. The van der Waals surface area contributed by atoms with Crippen molar-refractivity contribution >= 4 is 78.7 Å². The lowest BCUT2D eigenvalue weighted by atomic mass is 10.1. The maximum absolute atomic E-state index is 14.0. The number of carboxylic acid groups (broad SMARTS) is 2. The van der Waals surface area contributed by atoms with Gasteiger partial charge in [-0.1, -0.05) is 24.3 Å². The molecule has 62 heavy (non-hydrogen) atoms. The fourth-order valence-electron chi connectivity index (χ4n) is 5.82. The first-order valence-electron chi connectivity index (χ1n) is 18.1. The molecule has 0 radical (unpaired) electrons. The highest BCUT2D eigenvalue weighted by atomic mass is 32.2. The first kappa shape index (κ1) is 43.6. The van der Waals surface area contributed by atoms with Crippen molar-refractivity contribution in [2.45, 2.75) is 9.79 Å². The van der Waals surface area contributed by atoms with Crippen molar-refractivity contribution in [3.63, 3.8) is 0 Å². The van der Waals surface area contributed by atoms with Crippen molar-refractivity contribution in [1.29, 1.82) is 0 Å². The third-order valence-electron chi connectivity index (χ3n) is 9.04. The first-order chi connectivity index (χ1) is 29.5. The minimum absolute atomic E-state index is 0.0284. The second-order valence-corrected chi connectivity index (χ2v) is 16.5. The molecule has 0 unspecified atom stereocenters. The number of carbonyl (C=O) groups is 4. The molecule has 0 aromatic heterocycles. The van der Waals surface area contributed by atoms with Gasteiger partial charge >= 0.3 is 11.9 Å². The summed E-state index contributed by atoms with van der Waals surface area (Å²) < 4.78 is 71.3. The Morgan fingerprint density at radius 3 is 1.06 bits per heavy atom. The molecule has 0 atom stereocenters. The van der Waals surface area contributed by atoms with Crippen LogP contribution in [0.25, 0.3) is 12.2 Å². The smallest absolute Gasteiger partial charge is 0.335 e. The normalized spacial score (nSPS) is 11.3. The molecular weight excluding hydrogens is 841 g/mol. The monoisotopic (exact) mass is 876 g/mol. The number of benzene rings is 6. The van der Waals surface area contributed by atoms with Crippen LogP contribution in [0.5, 0.6) is 11.5 Å². The third-order valence-corrected chi connectivity index (χ3v) is 11.9. The third kappa shape index (κ3) is 10.6. The summed E-state index contributed by atoms with van der Waals surface area (Å²) in [5.74, 6) is -2.52. The molecule has 0 fully saturated rings. The maximum atomic E-state index is 14.0. The summed E-state index contributed by atoms with van der Waals surface area (Å²) in [6.45, 7) is 0. The summed E-state index contributed by atoms with van der Waals surface area (Å²) in [5, 5.41) is 24.0. The summed E-state index contributed by atoms with van der Waals surface area (Å²) in [6, 6.07) is 30.4. The molecule has 6 aromatic rings. The second-order valence-electron chi connectivity index (χ2n) is 13.2. The van der Waals surface area contributed by atoms with E-state index in [1.54, 1.807) is 24.3 Å². The zero-order valence-electron chi connectivity index (χ0n) is 32.6. The fraction of sp³-hybridized carbons (Fsp3) is 0.0455. The highest BCUT2D eigenvalue weighted by molar-refractivity contribution is 7.93. The van der Waals surface area contributed by atoms with Gasteiger partial charge in [0.1, 0.15) is 11.5 Å². The number of amides is 2. The van der Waals surface area contributed by atoms with Crippen LogP contribution >= 0.6 is 0 Å². The van der Waals surface area contributed by atoms with E-state index in [9.17, 15) is 46.2 Å². The van der Waals surface area contributed by atoms with Gasteiger partial charge in [0.05, 0.1) is 35.1 Å². The maximum Gasteiger partial charge on any atom is 0.335 e. The lowest BCUT2D eigenvalue weighted by Gasteiger charge is -2.15. The van der Waals surface area contributed by atoms with Crippen molar-refractivity contribution < 1.29 is 55.7 Å². The Labute approximate surface area is 355 Å². The molecule has 0 aliphatic carbocycles. The molecule has 6 rings (SSSR count). The Balaban J connectivity index is 1.40. The SMILES string of the molecule is COc1ccc(C(=O)Nc2ccc(C=Cc3ccc(NC(=O)c4ccc(OC)cc4)cc3S(=O)(=O)Nc3ccc(C(=O)O)cc3)c(S(=O)(=O)Nc3ccc(C(=O)O)cc3)c2)cc1. The highest BCUT2D eigenvalue weighted by Crippen LogP contribution is 2.30. The van der Waals surface area contributed by atoms with E-state index in [1.165, 1.54) is 136 Å². The number of ether oxygens (including phenoxy) is 2. The van der Waals surface area contributed by atoms with Crippen LogP contribution in [0.3, 0.4) is 0 Å². The van der Waals surface area contributed by atoms with Crippen molar-refractivity contribution in [1.82, 2.24) is 0 Å². The van der Waals surface area contributed by atoms with Crippen molar-refractivity contribution in [3.05, 3.63) is 167 Å². The van der Waals surface area contributed by atoms with Crippen LogP contribution in [0.1, 0.15) is 52.6 Å². The molecular formula is C44H36N4O12S2. The van der Waals surface area contributed by atoms with Crippen LogP contribution in [0.4, 0.5) is 22.7 Å². The average molecular weight is 877 g/mol. The Bertz CT molecular complexity index is 2720. The summed E-state index contributed by atoms with van der Waals surface area (Å²) >= 11 is 0. The van der Waals surface area contributed by atoms with Gasteiger partial charge in [0.25, 0.3) is 31.9 Å². The number of carboxylic acids is 2. The van der Waals surface area contributed by atoms with E-state index in [1.807, 2.05) is 0 Å². The number of aromatic carboxylic acids is 2. The van der Waals surface area contributed by atoms with E-state index < -0.39 is 43.8 Å². The van der Waals surface area contributed by atoms with Crippen molar-refractivity contribution in [2.24, 2.45) is 0 Å². The molecule has 16 nitrogen and oxygen atoms in total. The standard InChI is InChI=1S/C44H36N4O12S2/c1-59-37-21-11-29(12-22-37)41(49)45-35-19-5-27(39(25-35)61(55,56)47-33-15-7-31(8-16-33)43(51)52)3-4-28-6-20-36(46-42(50)30-13-23-38(60-2)24-14-30)26-40(28)62(57,58)48-34-17-9-32(10-18-34)44(53)54/h3-26,47-48H,1-2H3,(H,45,49)(H,46,50)(H,51,52)(H,53,54). The van der Waals surface area contributed by atoms with Gasteiger partial charge in [-0.25, -0.2) is 26.4 Å². The number of hydrogen-bond acceptors (Lipinski definition) is 10. The van der Waals surface area contributed by atoms with E-state index in [4.69, 9.17) is 9.47 Å². The van der Waals surface area contributed by atoms with Gasteiger partial charge in [-0.05, 0) is 132 Å². The van der Waals surface area contributed by atoms with Gasteiger partial charge in [0, 0.05) is 33.9 Å². The Kier molecular flexibility index (Phi) is 13.0. The Morgan fingerprint density at radius 1 is 0.452 bits per heavy atom. The van der Waals surface area contributed by atoms with E-state index in [2.05, 4.69) is 20.1 Å². The Hall–Kier alpha value is -7.96. The topological polar surface area (TPSA) is 244 Å². The van der Waals surface area contributed by atoms with Gasteiger partial charge < -0.3 is 30.3 Å². The van der Waals surface area contributed by atoms with Crippen LogP contribution in [0, 0.1) is 0 Å². The zero-order chi connectivity index (χ0) is 44.6. The summed E-state index contributed by atoms with van der Waals surface area (Å²) in [4.78, 5) is 48.4. The van der Waals surface area contributed by atoms with Crippen LogP contribution < -0.4 is 29.6 Å². The summed E-state index contributed by atoms with van der Waals surface area (Å²) in [5.41, 5.74) is 0.651. The van der Waals surface area contributed by atoms with Crippen LogP contribution in [0.15, 0.2) is 143 Å². The number of nitrogens with one attached hydrogen (secondary N) is 4. The predicted octanol–water partition coefficient (Wildman–Crippen LogP) is 7.38. The highest BCUT2D eigenvalue weighted by Gasteiger charge is 2.23. The second kappa shape index (κ2) is 18.5. The number of methoxy groups -OCH3 is 2. The largest absolute Gasteiger partial charge is 0.497 e. The van der Waals surface area contributed by atoms with Crippen LogP contribution in [0.2, 0.25) is 0 Å². The molecule has 6 aromatic carbocycles. The minimum Gasteiger partial charge on any atom is -0.497 e. The molecule has 2 amide bonds. The molecule has 0 saturated heterocycles. The molecule has 0 aliphatic heterocycles. The van der Waals surface area contributed by atoms with E-state index in [-0.39, 0.29) is 65.9 Å². The summed E-state index contributed by atoms with van der Waals surface area (Å²) in [7, 11) is -6.05. The van der Waals surface area contributed by atoms with Crippen molar-refractivity contribution in [3.8, 4) is 11.5 Å². The van der Waals surface area contributed by atoms with Gasteiger partial charge in [0.2, 0.25) is 0 Å². The van der Waals surface area contributed by atoms with Gasteiger partial charge in [0.15, 0.2) is 0 Å². The van der Waals surface area contributed by atoms with Crippen LogP contribution in [-0.2, 0) is 20.0 Å². The Morgan fingerprint density at radius 2 is 0.758 bits per heavy atom. The van der Waals surface area contributed by atoms with E-state index >= 15 is 0 Å². The summed E-state index contributed by atoms with van der Waals surface area (Å²) in [6.07, 6.45) is 2.67. The molecule has 0 heterocycles. The van der Waals surface area contributed by atoms with E-state index in [0.29, 0.717) is 11.5 Å². The van der Waals surface area contributed by atoms with Gasteiger partial charge in [-0.15, -0.1) is 0 Å². The van der Waals surface area contributed by atoms with Gasteiger partial charge in [-0.3, -0.25) is 19.0 Å². The predicted molar refractivity (Wildman–Crippen MR) is 232 cm³/mol. The fourth-order valence-corrected chi connectivity index (χ4v) is 8.39. The van der Waals surface area contributed by atoms with Crippen LogP contribution in [-0.4, -0.2) is 65.0 Å². The quantitative estimate of drug-likeness (QED) is 0.0522. The molecule has 0 saturated carbocycles.